The number of carbonyl (C=O) groups excluding carboxylic acids is 2. The van der Waals surface area contributed by atoms with E-state index in [1.807, 2.05) is 5.32 Å². The van der Waals surface area contributed by atoms with Crippen molar-refractivity contribution in [1.82, 2.24) is 10.3 Å². The summed E-state index contributed by atoms with van der Waals surface area (Å²) in [7, 11) is 4.75. The van der Waals surface area contributed by atoms with E-state index in [9.17, 15) is 18.4 Å². The van der Waals surface area contributed by atoms with Gasteiger partial charge in [0.25, 0.3) is 5.69 Å². The molecular weight excluding hydrogens is 360 g/mol. The van der Waals surface area contributed by atoms with Crippen molar-refractivity contribution in [2.24, 2.45) is 12.1 Å². The van der Waals surface area contributed by atoms with Crippen molar-refractivity contribution in [2.75, 3.05) is 19.4 Å². The van der Waals surface area contributed by atoms with Crippen molar-refractivity contribution < 1.29 is 27.7 Å². The lowest BCUT2D eigenvalue weighted by molar-refractivity contribution is -0.672. The number of hydrogen-bond donors (Lipinski definition) is 2. The third-order valence-corrected chi connectivity index (χ3v) is 3.31. The summed E-state index contributed by atoms with van der Waals surface area (Å²) in [6.07, 6.45) is 2.33. The fraction of sp³-hybridized carbons (Fsp3) is 0.176. The first kappa shape index (κ1) is 19.8. The highest BCUT2D eigenvalue weighted by atomic mass is 19.1. The second-order valence-corrected chi connectivity index (χ2v) is 5.55. The summed E-state index contributed by atoms with van der Waals surface area (Å²) in [4.78, 5) is 24.8. The number of aromatic nitrogens is 1. The molecule has 0 saturated heterocycles. The van der Waals surface area contributed by atoms with Gasteiger partial charge in [-0.3, -0.25) is 0 Å². The molecular formula is C17H18F2N5O3+. The molecule has 1 heterocycles. The molecule has 0 aliphatic carbocycles. The molecule has 3 amide bonds. The van der Waals surface area contributed by atoms with Crippen LogP contribution in [0, 0.1) is 11.6 Å². The maximum absolute atomic E-state index is 13.5. The van der Waals surface area contributed by atoms with E-state index in [0.29, 0.717) is 5.69 Å². The van der Waals surface area contributed by atoms with Gasteiger partial charge >= 0.3 is 12.1 Å². The van der Waals surface area contributed by atoms with Gasteiger partial charge < -0.3 is 15.0 Å². The van der Waals surface area contributed by atoms with Crippen LogP contribution in [0.4, 0.5) is 24.1 Å². The van der Waals surface area contributed by atoms with Crippen LogP contribution in [0.25, 0.3) is 0 Å². The van der Waals surface area contributed by atoms with E-state index in [-0.39, 0.29) is 5.75 Å². The molecule has 8 nitrogen and oxygen atoms in total. The third-order valence-electron chi connectivity index (χ3n) is 3.31. The average Bonchev–Trinajstić information content (AvgIpc) is 2.60. The molecule has 0 radical (unpaired) electrons. The summed E-state index contributed by atoms with van der Waals surface area (Å²) in [6.45, 7) is 0. The molecule has 0 unspecified atom stereocenters. The number of nitrogens with one attached hydrogen (secondary N) is 2. The summed E-state index contributed by atoms with van der Waals surface area (Å²) in [5, 5.41) is 5.74. The number of carbonyl (C=O) groups is 2. The number of hydrazone groups is 1. The zero-order valence-electron chi connectivity index (χ0n) is 14.9. The number of para-hydroxylation sites is 1. The minimum atomic E-state index is -0.944. The SMILES string of the molecule is CN(C)C(=O)Oc1ccc[n+](C)c1/C=N/NC(=O)Nc1c(F)cccc1F. The van der Waals surface area contributed by atoms with Gasteiger partial charge in [0.05, 0.1) is 0 Å². The highest BCUT2D eigenvalue weighted by molar-refractivity contribution is 5.90. The van der Waals surface area contributed by atoms with Crippen molar-refractivity contribution in [3.8, 4) is 5.75 Å². The molecule has 1 aromatic carbocycles. The fourth-order valence-electron chi connectivity index (χ4n) is 1.94. The summed E-state index contributed by atoms with van der Waals surface area (Å²) in [5.41, 5.74) is 1.88. The first-order valence-electron chi connectivity index (χ1n) is 7.71. The van der Waals surface area contributed by atoms with E-state index in [1.165, 1.54) is 31.3 Å². The Morgan fingerprint density at radius 2 is 1.85 bits per heavy atom. The summed E-state index contributed by atoms with van der Waals surface area (Å²) < 4.78 is 33.9. The fourth-order valence-corrected chi connectivity index (χ4v) is 1.94. The average molecular weight is 378 g/mol. The van der Waals surface area contributed by atoms with Gasteiger partial charge in [-0.2, -0.15) is 9.67 Å². The van der Waals surface area contributed by atoms with E-state index < -0.39 is 29.4 Å². The summed E-state index contributed by atoms with van der Waals surface area (Å²) in [5.74, 6) is -1.62. The standard InChI is InChI=1S/C17H17F2N5O3/c1-23(2)17(26)27-14-8-5-9-24(3)13(14)10-20-22-16(25)21-15-11(18)6-4-7-12(15)19/h4-10H,1-3H3,(H,21,25)/p+1. The highest BCUT2D eigenvalue weighted by Gasteiger charge is 2.17. The molecule has 10 heteroatoms. The Hall–Kier alpha value is -3.56. The Morgan fingerprint density at radius 3 is 2.48 bits per heavy atom. The van der Waals surface area contributed by atoms with Crippen LogP contribution in [-0.4, -0.2) is 37.3 Å². The van der Waals surface area contributed by atoms with E-state index in [1.54, 1.807) is 29.9 Å². The van der Waals surface area contributed by atoms with Gasteiger partial charge in [-0.15, -0.1) is 0 Å². The number of aryl methyl sites for hydroxylation is 1. The number of hydrogen-bond acceptors (Lipinski definition) is 4. The maximum atomic E-state index is 13.5. The van der Waals surface area contributed by atoms with Crippen LogP contribution in [0.1, 0.15) is 5.69 Å². The number of pyridine rings is 1. The van der Waals surface area contributed by atoms with Crippen LogP contribution in [0.15, 0.2) is 41.6 Å². The maximum Gasteiger partial charge on any atom is 0.414 e. The van der Waals surface area contributed by atoms with Crippen molar-refractivity contribution in [3.63, 3.8) is 0 Å². The van der Waals surface area contributed by atoms with Gasteiger partial charge in [0.2, 0.25) is 5.75 Å². The molecule has 0 aliphatic heterocycles. The molecule has 142 valence electrons. The lowest BCUT2D eigenvalue weighted by Crippen LogP contribution is -2.35. The Balaban J connectivity index is 2.09. The van der Waals surface area contributed by atoms with Crippen LogP contribution in [0.3, 0.4) is 0 Å². The Bertz CT molecular complexity index is 867. The molecule has 0 spiro atoms. The Morgan fingerprint density at radius 1 is 1.19 bits per heavy atom. The molecule has 0 fully saturated rings. The smallest absolute Gasteiger partial charge is 0.403 e. The number of benzene rings is 1. The number of rotatable bonds is 4. The molecule has 1 aromatic heterocycles. The first-order chi connectivity index (χ1) is 12.8. The van der Waals surface area contributed by atoms with Crippen molar-refractivity contribution >= 4 is 24.0 Å². The second-order valence-electron chi connectivity index (χ2n) is 5.55. The minimum absolute atomic E-state index is 0.213. The van der Waals surface area contributed by atoms with Crippen LogP contribution in [0.2, 0.25) is 0 Å². The molecule has 0 aliphatic rings. The highest BCUT2D eigenvalue weighted by Crippen LogP contribution is 2.17. The van der Waals surface area contributed by atoms with Gasteiger partial charge in [0, 0.05) is 20.2 Å². The van der Waals surface area contributed by atoms with Crippen LogP contribution in [0.5, 0.6) is 5.75 Å². The summed E-state index contributed by atoms with van der Waals surface area (Å²) >= 11 is 0. The van der Waals surface area contributed by atoms with Crippen LogP contribution >= 0.6 is 0 Å². The topological polar surface area (TPSA) is 86.9 Å². The number of nitrogens with zero attached hydrogens (tertiary/aromatic N) is 3. The lowest BCUT2D eigenvalue weighted by atomic mass is 10.3. The van der Waals surface area contributed by atoms with E-state index in [4.69, 9.17) is 4.74 Å². The third kappa shape index (κ3) is 5.21. The monoisotopic (exact) mass is 378 g/mol. The second kappa shape index (κ2) is 8.70. The van der Waals surface area contributed by atoms with Gasteiger partial charge in [-0.1, -0.05) is 6.07 Å². The summed E-state index contributed by atoms with van der Waals surface area (Å²) in [6, 6.07) is 5.47. The molecule has 0 saturated carbocycles. The number of amides is 3. The Kier molecular flexibility index (Phi) is 6.36. The van der Waals surface area contributed by atoms with Crippen molar-refractivity contribution in [3.05, 3.63) is 53.9 Å². The minimum Gasteiger partial charge on any atom is -0.403 e. The number of urea groups is 1. The zero-order valence-corrected chi connectivity index (χ0v) is 14.9. The van der Waals surface area contributed by atoms with Gasteiger partial charge in [0.15, 0.2) is 6.20 Å². The number of halogens is 2. The molecule has 2 aromatic rings. The van der Waals surface area contributed by atoms with Gasteiger partial charge in [-0.05, 0) is 18.2 Å². The largest absolute Gasteiger partial charge is 0.414 e. The quantitative estimate of drug-likeness (QED) is 0.485. The van der Waals surface area contributed by atoms with Gasteiger partial charge in [-0.25, -0.2) is 23.8 Å². The predicted octanol–water partition coefficient (Wildman–Crippen LogP) is 2.01. The van der Waals surface area contributed by atoms with Crippen LogP contribution < -0.4 is 20.0 Å². The molecule has 2 N–H and O–H groups in total. The normalized spacial score (nSPS) is 10.6. The van der Waals surface area contributed by atoms with E-state index in [2.05, 4.69) is 10.5 Å². The molecule has 0 atom stereocenters. The molecule has 27 heavy (non-hydrogen) atoms. The molecule has 0 bridgehead atoms. The van der Waals surface area contributed by atoms with Crippen molar-refractivity contribution in [2.45, 2.75) is 0 Å². The Labute approximate surface area is 154 Å². The van der Waals surface area contributed by atoms with E-state index >= 15 is 0 Å². The number of ether oxygens (including phenoxy) is 1. The lowest BCUT2D eigenvalue weighted by Gasteiger charge is -2.10. The van der Waals surface area contributed by atoms with Gasteiger partial charge in [0.1, 0.15) is 30.6 Å². The molecule has 2 rings (SSSR count). The zero-order chi connectivity index (χ0) is 20.0. The number of anilines is 1. The van der Waals surface area contributed by atoms with Crippen LogP contribution in [-0.2, 0) is 7.05 Å². The van der Waals surface area contributed by atoms with Crippen molar-refractivity contribution in [1.29, 1.82) is 0 Å². The van der Waals surface area contributed by atoms with E-state index in [0.717, 1.165) is 12.1 Å². The predicted molar refractivity (Wildman–Crippen MR) is 93.4 cm³/mol. The first-order valence-corrected chi connectivity index (χ1v) is 7.71.